The van der Waals surface area contributed by atoms with Gasteiger partial charge in [-0.3, -0.25) is 4.79 Å². The highest BCUT2D eigenvalue weighted by Crippen LogP contribution is 2.54. The van der Waals surface area contributed by atoms with Crippen molar-refractivity contribution in [1.29, 1.82) is 0 Å². The quantitative estimate of drug-likeness (QED) is 0.0533. The molecule has 0 amide bonds. The molecule has 8 rings (SSSR count). The lowest BCUT2D eigenvalue weighted by molar-refractivity contribution is 0.0767. The summed E-state index contributed by atoms with van der Waals surface area (Å²) in [6.07, 6.45) is 9.80. The molecule has 9 heteroatoms. The Labute approximate surface area is 326 Å². The van der Waals surface area contributed by atoms with E-state index in [0.29, 0.717) is 18.5 Å². The van der Waals surface area contributed by atoms with Crippen LogP contribution in [0.25, 0.3) is 21.4 Å². The van der Waals surface area contributed by atoms with E-state index in [4.69, 9.17) is 10.7 Å². The van der Waals surface area contributed by atoms with E-state index in [1.165, 1.54) is 28.9 Å². The number of aliphatic hydroxyl groups excluding tert-OH is 1. The minimum Gasteiger partial charge on any atom is -0.508 e. The lowest BCUT2D eigenvalue weighted by atomic mass is 9.59. The van der Waals surface area contributed by atoms with Crippen LogP contribution in [0.2, 0.25) is 0 Å². The van der Waals surface area contributed by atoms with Crippen molar-refractivity contribution < 1.29 is 15.0 Å². The van der Waals surface area contributed by atoms with Gasteiger partial charge in [0, 0.05) is 45.9 Å². The van der Waals surface area contributed by atoms with Gasteiger partial charge in [-0.15, -0.1) is 28.6 Å². The topological polar surface area (TPSA) is 120 Å². The average molecular weight is 759 g/mol. The molecule has 0 saturated heterocycles. The van der Waals surface area contributed by atoms with Crippen LogP contribution >= 0.6 is 22.7 Å². The van der Waals surface area contributed by atoms with E-state index in [0.717, 1.165) is 69.3 Å². The molecular weight excluding hydrogens is 709 g/mol. The predicted molar refractivity (Wildman–Crippen MR) is 222 cm³/mol. The summed E-state index contributed by atoms with van der Waals surface area (Å²) in [4.78, 5) is 24.2. The van der Waals surface area contributed by atoms with Gasteiger partial charge in [0.1, 0.15) is 5.75 Å². The molecule has 280 valence electrons. The minimum atomic E-state index is -0.525. The number of benzene rings is 2. The van der Waals surface area contributed by atoms with Crippen molar-refractivity contribution in [3.63, 3.8) is 0 Å². The standard InChI is InChI=1S/C45H50N4O3S2/c1-3-8-32-13-18-39(53-32)40-19-20-41(54-40)44(52)36-16-17-37-42-35(33-12-7-4-9-27(33)23-38(36)42)15-14-34(43(37)49-45(46)48-29-10-5-6-11-29)28-21-30(24-31(51)22-28)47-25-26(2)50/h4,7,9,12-13,18-24,26,29,34,36-38,42-43,47,50-51H,5-6,10-11,14-17,25H2,1-2H3,(H3,46,48,49)/t26-,34-,36+,37-,38+,42-,43+/m0/s1. The number of hydrogen-bond acceptors (Lipinski definition) is 7. The Kier molecular flexibility index (Phi) is 10.7. The van der Waals surface area contributed by atoms with Gasteiger partial charge < -0.3 is 26.6 Å². The number of fused-ring (bicyclic) bond motifs is 1. The summed E-state index contributed by atoms with van der Waals surface area (Å²) in [5.74, 6) is 7.23. The number of carbonyl (C=O) groups excluding carboxylic acids is 1. The summed E-state index contributed by atoms with van der Waals surface area (Å²) in [7, 11) is 0. The smallest absolute Gasteiger partial charge is 0.189 e. The summed E-state index contributed by atoms with van der Waals surface area (Å²) in [5, 5.41) is 30.4. The number of nitrogens with zero attached hydrogens (tertiary/aromatic N) is 1. The molecule has 2 heterocycles. The number of nitrogens with one attached hydrogen (secondary N) is 2. The molecule has 0 unspecified atom stereocenters. The number of aromatic hydroxyl groups is 1. The third kappa shape index (κ3) is 7.49. The first-order valence-electron chi connectivity index (χ1n) is 19.6. The minimum absolute atomic E-state index is 0.00997. The van der Waals surface area contributed by atoms with Gasteiger partial charge in [-0.1, -0.05) is 54.7 Å². The maximum atomic E-state index is 14.7. The van der Waals surface area contributed by atoms with Gasteiger partial charge in [-0.05, 0) is 123 Å². The monoisotopic (exact) mass is 758 g/mol. The van der Waals surface area contributed by atoms with Crippen molar-refractivity contribution in [3.8, 4) is 27.3 Å². The number of rotatable bonds is 9. The third-order valence-electron chi connectivity index (χ3n) is 12.1. The molecule has 2 aromatic carbocycles. The number of thiophene rings is 2. The largest absolute Gasteiger partial charge is 0.508 e. The number of nitrogens with two attached hydrogens (primary N) is 1. The maximum Gasteiger partial charge on any atom is 0.189 e. The van der Waals surface area contributed by atoms with Gasteiger partial charge in [-0.2, -0.15) is 0 Å². The number of carbonyl (C=O) groups is 1. The average Bonchev–Trinajstić information content (AvgIpc) is 3.94. The molecule has 7 nitrogen and oxygen atoms in total. The molecule has 2 aromatic heterocycles. The highest BCUT2D eigenvalue weighted by atomic mass is 32.1. The Bertz CT molecular complexity index is 2240. The molecule has 0 spiro atoms. The molecule has 4 aromatic rings. The summed E-state index contributed by atoms with van der Waals surface area (Å²) >= 11 is 3.27. The third-order valence-corrected chi connectivity index (χ3v) is 14.4. The van der Waals surface area contributed by atoms with Gasteiger partial charge in [0.05, 0.1) is 21.9 Å². The second-order valence-corrected chi connectivity index (χ2v) is 17.8. The number of anilines is 1. The number of aliphatic imine (C=N–C) groups is 1. The van der Waals surface area contributed by atoms with Crippen molar-refractivity contribution in [2.45, 2.75) is 89.3 Å². The normalized spacial score (nSPS) is 25.7. The lowest BCUT2D eigenvalue weighted by Gasteiger charge is -2.45. The number of phenolic OH excluding ortho intramolecular Hbond substituents is 1. The van der Waals surface area contributed by atoms with E-state index in [-0.39, 0.29) is 47.2 Å². The Balaban J connectivity index is 1.19. The first kappa shape index (κ1) is 36.6. The van der Waals surface area contributed by atoms with Gasteiger partial charge in [-0.25, -0.2) is 4.99 Å². The fourth-order valence-corrected chi connectivity index (χ4v) is 11.8. The van der Waals surface area contributed by atoms with E-state index in [1.54, 1.807) is 35.7 Å². The number of hydrogen-bond donors (Lipinski definition) is 5. The molecule has 0 radical (unpaired) electrons. The van der Waals surface area contributed by atoms with E-state index < -0.39 is 6.10 Å². The Morgan fingerprint density at radius 2 is 1.80 bits per heavy atom. The second kappa shape index (κ2) is 15.8. The lowest BCUT2D eigenvalue weighted by Crippen LogP contribution is -2.48. The van der Waals surface area contributed by atoms with Crippen molar-refractivity contribution in [2.24, 2.45) is 34.4 Å². The molecule has 6 N–H and O–H groups in total. The fourth-order valence-electron chi connectivity index (χ4n) is 9.77. The summed E-state index contributed by atoms with van der Waals surface area (Å²) in [6.45, 7) is 3.98. The highest BCUT2D eigenvalue weighted by Gasteiger charge is 2.50. The van der Waals surface area contributed by atoms with Crippen LogP contribution < -0.4 is 26.8 Å². The number of aliphatic hydroxyl groups is 1. The Morgan fingerprint density at radius 1 is 1.00 bits per heavy atom. The molecule has 7 atom stereocenters. The predicted octanol–water partition coefficient (Wildman–Crippen LogP) is 7.23. The maximum absolute atomic E-state index is 14.7. The van der Waals surface area contributed by atoms with Crippen LogP contribution in [0, 0.1) is 35.5 Å². The van der Waals surface area contributed by atoms with Crippen molar-refractivity contribution >= 4 is 51.8 Å². The van der Waals surface area contributed by atoms with Crippen LogP contribution in [0.3, 0.4) is 0 Å². The first-order valence-corrected chi connectivity index (χ1v) is 21.2. The molecule has 4 aliphatic carbocycles. The van der Waals surface area contributed by atoms with Crippen molar-refractivity contribution in [1.82, 2.24) is 5.32 Å². The number of Topliss-reactive ketones (excluding diaryl/α,β-unsaturated/α-hetero) is 1. The van der Waals surface area contributed by atoms with E-state index in [2.05, 4.69) is 77.1 Å². The first-order chi connectivity index (χ1) is 26.2. The Morgan fingerprint density at radius 3 is 2.61 bits per heavy atom. The summed E-state index contributed by atoms with van der Waals surface area (Å²) in [5.41, 5.74) is 10.0. The van der Waals surface area contributed by atoms with Gasteiger partial charge >= 0.3 is 0 Å². The molecule has 0 aliphatic heterocycles. The van der Waals surface area contributed by atoms with E-state index in [9.17, 15) is 15.0 Å². The zero-order valence-corrected chi connectivity index (χ0v) is 32.7. The van der Waals surface area contributed by atoms with Crippen LogP contribution in [0.5, 0.6) is 5.75 Å². The molecule has 3 fully saturated rings. The van der Waals surface area contributed by atoms with Crippen LogP contribution in [-0.2, 0) is 0 Å². The van der Waals surface area contributed by atoms with Gasteiger partial charge in [0.25, 0.3) is 0 Å². The van der Waals surface area contributed by atoms with Crippen LogP contribution in [0.15, 0.2) is 71.7 Å². The molecule has 3 saturated carbocycles. The molecule has 54 heavy (non-hydrogen) atoms. The zero-order chi connectivity index (χ0) is 37.3. The number of guanidine groups is 1. The number of phenols is 1. The Hall–Kier alpha value is -4.36. The molecular formula is C45H50N4O3S2. The second-order valence-electron chi connectivity index (χ2n) is 15.6. The summed E-state index contributed by atoms with van der Waals surface area (Å²) in [6, 6.07) is 22.9. The van der Waals surface area contributed by atoms with Crippen LogP contribution in [0.4, 0.5) is 5.69 Å². The molecule has 4 aliphatic rings. The van der Waals surface area contributed by atoms with Crippen LogP contribution in [-0.4, -0.2) is 46.7 Å². The molecule has 0 bridgehead atoms. The zero-order valence-electron chi connectivity index (χ0n) is 31.1. The fraction of sp³-hybridized carbons (Fsp3) is 0.422. The van der Waals surface area contributed by atoms with Crippen molar-refractivity contribution in [3.05, 3.63) is 92.5 Å². The summed E-state index contributed by atoms with van der Waals surface area (Å²) < 4.78 is 0. The van der Waals surface area contributed by atoms with Crippen molar-refractivity contribution in [2.75, 3.05) is 11.9 Å². The van der Waals surface area contributed by atoms with E-state index >= 15 is 0 Å². The van der Waals surface area contributed by atoms with Crippen LogP contribution in [0.1, 0.15) is 91.2 Å². The SMILES string of the molecule is CC#Cc1ccc(-c2ccc(C(=O)[C@@H]3CC[C@@H]4[C@H](N=C(N)NC5CCCC5)[C@H](c5cc(O)cc(NC[C@H](C)O)c5)CCC5=c6ccccc6=C[C@H]3[C@@H]54)s2)s1. The van der Waals surface area contributed by atoms with Gasteiger partial charge in [0.2, 0.25) is 0 Å². The van der Waals surface area contributed by atoms with E-state index in [1.807, 2.05) is 19.1 Å². The highest BCUT2D eigenvalue weighted by molar-refractivity contribution is 7.23. The number of ketones is 1. The van der Waals surface area contributed by atoms with Gasteiger partial charge in [0.15, 0.2) is 11.7 Å².